The smallest absolute Gasteiger partial charge is 0.225 e. The van der Waals surface area contributed by atoms with Gasteiger partial charge in [0.25, 0.3) is 0 Å². The first-order valence-corrected chi connectivity index (χ1v) is 11.0. The van der Waals surface area contributed by atoms with E-state index < -0.39 is 10.0 Å². The predicted octanol–water partition coefficient (Wildman–Crippen LogP) is 0.991. The van der Waals surface area contributed by atoms with Gasteiger partial charge < -0.3 is 4.90 Å². The maximum Gasteiger partial charge on any atom is 0.225 e. The minimum atomic E-state index is -3.07. The van der Waals surface area contributed by atoms with Crippen molar-refractivity contribution in [2.45, 2.75) is 45.6 Å². The third-order valence-electron chi connectivity index (χ3n) is 6.32. The van der Waals surface area contributed by atoms with Gasteiger partial charge in [-0.3, -0.25) is 9.69 Å². The molecule has 2 saturated heterocycles. The van der Waals surface area contributed by atoms with Gasteiger partial charge in [0.1, 0.15) is 0 Å². The van der Waals surface area contributed by atoms with Crippen molar-refractivity contribution in [2.75, 3.05) is 45.5 Å². The Kier molecular flexibility index (Phi) is 4.97. The summed E-state index contributed by atoms with van der Waals surface area (Å²) in [6.45, 7) is 9.30. The van der Waals surface area contributed by atoms with Crippen LogP contribution in [0.15, 0.2) is 0 Å². The molecule has 2 heterocycles. The number of rotatable bonds is 3. The first kappa shape index (κ1) is 18.1. The number of nitrogens with zero attached hydrogens (tertiary/aromatic N) is 3. The zero-order valence-corrected chi connectivity index (χ0v) is 16.0. The number of hydrogen-bond acceptors (Lipinski definition) is 4. The molecule has 1 spiro atoms. The Labute approximate surface area is 146 Å². The lowest BCUT2D eigenvalue weighted by atomic mass is 9.57. The fraction of sp³-hybridized carbons (Fsp3) is 0.941. The summed E-state index contributed by atoms with van der Waals surface area (Å²) in [6.07, 6.45) is 5.01. The van der Waals surface area contributed by atoms with Crippen LogP contribution in [0.3, 0.4) is 0 Å². The van der Waals surface area contributed by atoms with Crippen molar-refractivity contribution < 1.29 is 13.2 Å². The van der Waals surface area contributed by atoms with E-state index in [-0.39, 0.29) is 11.3 Å². The molecule has 0 N–H and O–H groups in total. The lowest BCUT2D eigenvalue weighted by molar-refractivity contribution is -0.147. The van der Waals surface area contributed by atoms with Gasteiger partial charge in [0.05, 0.1) is 6.26 Å². The molecule has 0 atom stereocenters. The van der Waals surface area contributed by atoms with Crippen LogP contribution in [0.5, 0.6) is 0 Å². The van der Waals surface area contributed by atoms with Crippen LogP contribution in [-0.4, -0.2) is 80.0 Å². The Balaban J connectivity index is 1.46. The fourth-order valence-electron chi connectivity index (χ4n) is 4.58. The Morgan fingerprint density at radius 2 is 1.54 bits per heavy atom. The first-order valence-electron chi connectivity index (χ1n) is 9.18. The summed E-state index contributed by atoms with van der Waals surface area (Å²) in [4.78, 5) is 17.2. The number of sulfonamides is 1. The van der Waals surface area contributed by atoms with Crippen LogP contribution in [0, 0.1) is 11.3 Å². The number of carbonyl (C=O) groups is 1. The minimum Gasteiger partial charge on any atom is -0.340 e. The van der Waals surface area contributed by atoms with E-state index in [0.29, 0.717) is 25.0 Å². The van der Waals surface area contributed by atoms with Crippen molar-refractivity contribution in [1.29, 1.82) is 0 Å². The van der Waals surface area contributed by atoms with E-state index in [0.717, 1.165) is 51.9 Å². The van der Waals surface area contributed by atoms with Crippen molar-refractivity contribution >= 4 is 15.9 Å². The topological polar surface area (TPSA) is 60.9 Å². The first-order chi connectivity index (χ1) is 11.2. The molecule has 3 fully saturated rings. The monoisotopic (exact) mass is 357 g/mol. The van der Waals surface area contributed by atoms with Crippen LogP contribution >= 0.6 is 0 Å². The maximum absolute atomic E-state index is 12.7. The standard InChI is InChI=1S/C17H31N3O3S/c1-14(2)18-8-10-19(11-9-18)16(21)15-12-17(13-15)4-6-20(7-5-17)24(3,22)23/h14-15H,4-13H2,1-3H3. The van der Waals surface area contributed by atoms with Crippen molar-refractivity contribution in [3.63, 3.8) is 0 Å². The molecule has 0 aromatic rings. The molecule has 3 rings (SSSR count). The average Bonchev–Trinajstić information content (AvgIpc) is 2.51. The van der Waals surface area contributed by atoms with Gasteiger partial charge in [-0.2, -0.15) is 0 Å². The largest absolute Gasteiger partial charge is 0.340 e. The van der Waals surface area contributed by atoms with E-state index in [1.54, 1.807) is 4.31 Å². The normalized spacial score (nSPS) is 26.8. The van der Waals surface area contributed by atoms with Gasteiger partial charge in [0, 0.05) is 51.2 Å². The van der Waals surface area contributed by atoms with Gasteiger partial charge in [-0.25, -0.2) is 12.7 Å². The third-order valence-corrected chi connectivity index (χ3v) is 7.62. The highest BCUT2D eigenvalue weighted by atomic mass is 32.2. The number of carbonyl (C=O) groups excluding carboxylic acids is 1. The van der Waals surface area contributed by atoms with E-state index in [2.05, 4.69) is 18.7 Å². The summed E-state index contributed by atoms with van der Waals surface area (Å²) in [6, 6.07) is 0.550. The Morgan fingerprint density at radius 1 is 1.00 bits per heavy atom. The fourth-order valence-corrected chi connectivity index (χ4v) is 5.42. The highest BCUT2D eigenvalue weighted by molar-refractivity contribution is 7.88. The number of hydrogen-bond donors (Lipinski definition) is 0. The molecule has 0 aromatic heterocycles. The molecule has 1 amide bonds. The van der Waals surface area contributed by atoms with Crippen molar-refractivity contribution in [2.24, 2.45) is 11.3 Å². The zero-order valence-electron chi connectivity index (χ0n) is 15.2. The molecule has 0 radical (unpaired) electrons. The van der Waals surface area contributed by atoms with E-state index in [4.69, 9.17) is 0 Å². The van der Waals surface area contributed by atoms with Crippen molar-refractivity contribution in [3.05, 3.63) is 0 Å². The van der Waals surface area contributed by atoms with Gasteiger partial charge in [-0.15, -0.1) is 0 Å². The SMILES string of the molecule is CC(C)N1CCN(C(=O)C2CC3(CCN(S(C)(=O)=O)CC3)C2)CC1. The number of amides is 1. The Bertz CT molecular complexity index is 566. The molecule has 0 aromatic carbocycles. The van der Waals surface area contributed by atoms with Gasteiger partial charge >= 0.3 is 0 Å². The molecule has 0 bridgehead atoms. The summed E-state index contributed by atoms with van der Waals surface area (Å²) in [5, 5.41) is 0. The van der Waals surface area contributed by atoms with Crippen molar-refractivity contribution in [1.82, 2.24) is 14.1 Å². The molecule has 3 aliphatic rings. The predicted molar refractivity (Wildman–Crippen MR) is 94.1 cm³/mol. The lowest BCUT2D eigenvalue weighted by Crippen LogP contribution is -2.56. The molecule has 2 aliphatic heterocycles. The summed E-state index contributed by atoms with van der Waals surface area (Å²) in [5.74, 6) is 0.495. The second-order valence-electron chi connectivity index (χ2n) is 8.22. The van der Waals surface area contributed by atoms with E-state index in [9.17, 15) is 13.2 Å². The van der Waals surface area contributed by atoms with Gasteiger partial charge in [0.2, 0.25) is 15.9 Å². The maximum atomic E-state index is 12.7. The third kappa shape index (κ3) is 3.63. The van der Waals surface area contributed by atoms with Crippen LogP contribution in [-0.2, 0) is 14.8 Å². The van der Waals surface area contributed by atoms with E-state index in [1.807, 2.05) is 4.90 Å². The molecule has 1 aliphatic carbocycles. The molecule has 24 heavy (non-hydrogen) atoms. The van der Waals surface area contributed by atoms with Gasteiger partial charge in [-0.05, 0) is 44.9 Å². The van der Waals surface area contributed by atoms with Gasteiger partial charge in [-0.1, -0.05) is 0 Å². The van der Waals surface area contributed by atoms with Crippen LogP contribution in [0.4, 0.5) is 0 Å². The molecule has 1 saturated carbocycles. The average molecular weight is 358 g/mol. The molecule has 6 nitrogen and oxygen atoms in total. The number of piperazine rings is 1. The molecule has 7 heteroatoms. The van der Waals surface area contributed by atoms with E-state index in [1.165, 1.54) is 6.26 Å². The minimum absolute atomic E-state index is 0.167. The van der Waals surface area contributed by atoms with Crippen LogP contribution in [0.25, 0.3) is 0 Å². The second kappa shape index (κ2) is 6.57. The second-order valence-corrected chi connectivity index (χ2v) is 10.2. The highest BCUT2D eigenvalue weighted by Crippen LogP contribution is 2.53. The van der Waals surface area contributed by atoms with Crippen LogP contribution in [0.2, 0.25) is 0 Å². The van der Waals surface area contributed by atoms with Crippen LogP contribution in [0.1, 0.15) is 39.5 Å². The number of piperidine rings is 1. The Morgan fingerprint density at radius 3 is 2.00 bits per heavy atom. The molecule has 138 valence electrons. The van der Waals surface area contributed by atoms with Crippen LogP contribution < -0.4 is 0 Å². The quantitative estimate of drug-likeness (QED) is 0.756. The van der Waals surface area contributed by atoms with Crippen molar-refractivity contribution in [3.8, 4) is 0 Å². The molecular formula is C17H31N3O3S. The zero-order chi connectivity index (χ0) is 17.5. The van der Waals surface area contributed by atoms with E-state index >= 15 is 0 Å². The highest BCUT2D eigenvalue weighted by Gasteiger charge is 2.50. The summed E-state index contributed by atoms with van der Waals surface area (Å²) >= 11 is 0. The molecule has 0 unspecified atom stereocenters. The Hall–Kier alpha value is -0.660. The summed E-state index contributed by atoms with van der Waals surface area (Å²) < 4.78 is 24.8. The summed E-state index contributed by atoms with van der Waals surface area (Å²) in [7, 11) is -3.07. The lowest BCUT2D eigenvalue weighted by Gasteiger charge is -2.52. The summed E-state index contributed by atoms with van der Waals surface area (Å²) in [5.41, 5.74) is 0.223. The van der Waals surface area contributed by atoms with Gasteiger partial charge in [0.15, 0.2) is 0 Å². The molecular weight excluding hydrogens is 326 g/mol.